The predicted molar refractivity (Wildman–Crippen MR) is 75.2 cm³/mol. The first-order chi connectivity index (χ1) is 9.30. The topological polar surface area (TPSA) is 60.1 Å². The van der Waals surface area contributed by atoms with Crippen LogP contribution in [0.2, 0.25) is 0 Å². The van der Waals surface area contributed by atoms with Crippen molar-refractivity contribution in [2.24, 2.45) is 0 Å². The Bertz CT molecular complexity index is 473. The predicted octanol–water partition coefficient (Wildman–Crippen LogP) is 2.04. The van der Waals surface area contributed by atoms with Gasteiger partial charge in [0.1, 0.15) is 11.9 Å². The van der Waals surface area contributed by atoms with E-state index in [-0.39, 0.29) is 6.61 Å². The summed E-state index contributed by atoms with van der Waals surface area (Å²) in [6.45, 7) is 3.54. The van der Waals surface area contributed by atoms with Gasteiger partial charge < -0.3 is 10.0 Å². The number of aromatic nitrogens is 1. The summed E-state index contributed by atoms with van der Waals surface area (Å²) in [5, 5.41) is 18.5. The number of rotatable bonds is 5. The van der Waals surface area contributed by atoms with Crippen molar-refractivity contribution in [1.82, 2.24) is 4.98 Å². The Labute approximate surface area is 114 Å². The molecular formula is C15H21N3O. The van der Waals surface area contributed by atoms with Crippen LogP contribution in [0, 0.1) is 11.3 Å². The quantitative estimate of drug-likeness (QED) is 0.879. The number of anilines is 1. The van der Waals surface area contributed by atoms with Crippen molar-refractivity contribution in [2.75, 3.05) is 24.6 Å². The van der Waals surface area contributed by atoms with E-state index in [2.05, 4.69) is 13.0 Å². The van der Waals surface area contributed by atoms with Gasteiger partial charge >= 0.3 is 0 Å². The second-order valence-corrected chi connectivity index (χ2v) is 4.99. The maximum Gasteiger partial charge on any atom is 0.146 e. The van der Waals surface area contributed by atoms with Crippen LogP contribution in [-0.2, 0) is 12.8 Å². The monoisotopic (exact) mass is 259 g/mol. The summed E-state index contributed by atoms with van der Waals surface area (Å²) < 4.78 is 0. The van der Waals surface area contributed by atoms with E-state index in [1.807, 2.05) is 11.0 Å². The van der Waals surface area contributed by atoms with E-state index in [4.69, 9.17) is 4.98 Å². The minimum atomic E-state index is 0.0869. The minimum absolute atomic E-state index is 0.0869. The molecule has 4 heteroatoms. The summed E-state index contributed by atoms with van der Waals surface area (Å²) >= 11 is 0. The van der Waals surface area contributed by atoms with Gasteiger partial charge in [0.25, 0.3) is 0 Å². The maximum absolute atomic E-state index is 9.33. The number of nitrogens with zero attached hydrogens (tertiary/aromatic N) is 3. The van der Waals surface area contributed by atoms with Crippen LogP contribution < -0.4 is 4.90 Å². The lowest BCUT2D eigenvalue weighted by Gasteiger charge is -2.25. The molecule has 1 heterocycles. The van der Waals surface area contributed by atoms with Gasteiger partial charge in [-0.25, -0.2) is 4.98 Å². The van der Waals surface area contributed by atoms with Crippen molar-refractivity contribution in [2.45, 2.75) is 39.0 Å². The molecule has 0 fully saturated rings. The smallest absolute Gasteiger partial charge is 0.146 e. The Morgan fingerprint density at radius 1 is 1.37 bits per heavy atom. The Morgan fingerprint density at radius 3 is 2.84 bits per heavy atom. The van der Waals surface area contributed by atoms with Crippen LogP contribution >= 0.6 is 0 Å². The highest BCUT2D eigenvalue weighted by molar-refractivity contribution is 5.56. The average Bonchev–Trinajstić information content (AvgIpc) is 2.45. The van der Waals surface area contributed by atoms with Crippen LogP contribution in [0.4, 0.5) is 5.82 Å². The minimum Gasteiger partial charge on any atom is -0.395 e. The van der Waals surface area contributed by atoms with Gasteiger partial charge in [-0.15, -0.1) is 0 Å². The fraction of sp³-hybridized carbons (Fsp3) is 0.600. The summed E-state index contributed by atoms with van der Waals surface area (Å²) in [5.74, 6) is 0.749. The third-order valence-electron chi connectivity index (χ3n) is 3.56. The van der Waals surface area contributed by atoms with E-state index < -0.39 is 0 Å². The summed E-state index contributed by atoms with van der Waals surface area (Å²) in [5.41, 5.74) is 3.01. The van der Waals surface area contributed by atoms with E-state index in [1.165, 1.54) is 18.4 Å². The van der Waals surface area contributed by atoms with Gasteiger partial charge in [0.2, 0.25) is 0 Å². The molecule has 2 rings (SSSR count). The summed E-state index contributed by atoms with van der Waals surface area (Å²) in [6.07, 6.45) is 5.38. The number of aliphatic hydroxyl groups is 1. The van der Waals surface area contributed by atoms with E-state index in [0.29, 0.717) is 12.1 Å². The summed E-state index contributed by atoms with van der Waals surface area (Å²) in [6, 6.07) is 4.25. The fourth-order valence-corrected chi connectivity index (χ4v) is 2.66. The Morgan fingerprint density at radius 2 is 2.16 bits per heavy atom. The Hall–Kier alpha value is -1.60. The number of hydrogen-bond donors (Lipinski definition) is 1. The number of fused-ring (bicyclic) bond motifs is 1. The highest BCUT2D eigenvalue weighted by Gasteiger charge is 2.18. The lowest BCUT2D eigenvalue weighted by Crippen LogP contribution is -2.29. The molecule has 0 bridgehead atoms. The molecule has 4 nitrogen and oxygen atoms in total. The van der Waals surface area contributed by atoms with Crippen molar-refractivity contribution in [3.8, 4) is 6.07 Å². The van der Waals surface area contributed by atoms with Crippen LogP contribution in [0.15, 0.2) is 6.07 Å². The van der Waals surface area contributed by atoms with Crippen LogP contribution in [0.1, 0.15) is 43.0 Å². The highest BCUT2D eigenvalue weighted by Crippen LogP contribution is 2.26. The zero-order chi connectivity index (χ0) is 13.7. The first-order valence-electron chi connectivity index (χ1n) is 7.08. The average molecular weight is 259 g/mol. The lowest BCUT2D eigenvalue weighted by atomic mass is 9.95. The molecule has 0 spiro atoms. The van der Waals surface area contributed by atoms with E-state index >= 15 is 0 Å². The van der Waals surface area contributed by atoms with E-state index in [9.17, 15) is 10.4 Å². The Kier molecular flexibility index (Phi) is 4.75. The normalized spacial score (nSPS) is 13.7. The molecule has 1 aromatic heterocycles. The standard InChI is InChI=1S/C15H21N3O/c1-2-7-18(8-9-19)15-13(11-16)10-12-5-3-4-6-14(12)17-15/h10,19H,2-9H2,1H3. The first-order valence-corrected chi connectivity index (χ1v) is 7.08. The van der Waals surface area contributed by atoms with Crippen molar-refractivity contribution >= 4 is 5.82 Å². The number of hydrogen-bond acceptors (Lipinski definition) is 4. The molecule has 19 heavy (non-hydrogen) atoms. The second kappa shape index (κ2) is 6.53. The van der Waals surface area contributed by atoms with Crippen LogP contribution in [0.3, 0.4) is 0 Å². The number of aliphatic hydroxyl groups excluding tert-OH is 1. The molecule has 0 aliphatic heterocycles. The van der Waals surface area contributed by atoms with Crippen LogP contribution in [0.5, 0.6) is 0 Å². The van der Waals surface area contributed by atoms with Crippen molar-refractivity contribution in [1.29, 1.82) is 5.26 Å². The molecule has 1 aliphatic carbocycles. The molecule has 0 aromatic carbocycles. The molecule has 1 N–H and O–H groups in total. The summed E-state index contributed by atoms with van der Waals surface area (Å²) in [7, 11) is 0. The Balaban J connectivity index is 2.39. The van der Waals surface area contributed by atoms with Crippen molar-refractivity contribution < 1.29 is 5.11 Å². The maximum atomic E-state index is 9.33. The van der Waals surface area contributed by atoms with Gasteiger partial charge in [-0.3, -0.25) is 0 Å². The molecule has 0 unspecified atom stereocenters. The number of pyridine rings is 1. The third kappa shape index (κ3) is 3.05. The van der Waals surface area contributed by atoms with Gasteiger partial charge in [-0.1, -0.05) is 6.92 Å². The lowest BCUT2D eigenvalue weighted by molar-refractivity contribution is 0.301. The molecule has 1 aromatic rings. The van der Waals surface area contributed by atoms with Gasteiger partial charge in [-0.05, 0) is 43.7 Å². The molecule has 0 saturated carbocycles. The summed E-state index contributed by atoms with van der Waals surface area (Å²) in [4.78, 5) is 6.74. The van der Waals surface area contributed by atoms with Crippen molar-refractivity contribution in [3.63, 3.8) is 0 Å². The van der Waals surface area contributed by atoms with E-state index in [0.717, 1.165) is 37.3 Å². The third-order valence-corrected chi connectivity index (χ3v) is 3.56. The molecular weight excluding hydrogens is 238 g/mol. The molecule has 0 atom stereocenters. The molecule has 0 saturated heterocycles. The van der Waals surface area contributed by atoms with Gasteiger partial charge in [-0.2, -0.15) is 5.26 Å². The molecule has 1 aliphatic rings. The van der Waals surface area contributed by atoms with Gasteiger partial charge in [0.05, 0.1) is 12.2 Å². The SMILES string of the molecule is CCCN(CCO)c1nc2c(cc1C#N)CCCC2. The number of nitriles is 1. The molecule has 0 amide bonds. The fourth-order valence-electron chi connectivity index (χ4n) is 2.66. The molecule has 0 radical (unpaired) electrons. The van der Waals surface area contributed by atoms with Gasteiger partial charge in [0.15, 0.2) is 0 Å². The zero-order valence-corrected chi connectivity index (χ0v) is 11.5. The largest absolute Gasteiger partial charge is 0.395 e. The zero-order valence-electron chi connectivity index (χ0n) is 11.5. The van der Waals surface area contributed by atoms with Crippen molar-refractivity contribution in [3.05, 3.63) is 22.9 Å². The highest BCUT2D eigenvalue weighted by atomic mass is 16.3. The second-order valence-electron chi connectivity index (χ2n) is 4.99. The molecule has 102 valence electrons. The first kappa shape index (κ1) is 13.8. The van der Waals surface area contributed by atoms with Crippen LogP contribution in [-0.4, -0.2) is 29.8 Å². The van der Waals surface area contributed by atoms with E-state index in [1.54, 1.807) is 0 Å². The number of aryl methyl sites for hydroxylation is 2. The van der Waals surface area contributed by atoms with Gasteiger partial charge in [0, 0.05) is 18.8 Å². The van der Waals surface area contributed by atoms with Crippen LogP contribution in [0.25, 0.3) is 0 Å².